The lowest BCUT2D eigenvalue weighted by molar-refractivity contribution is -0.870. The molecule has 0 spiro atoms. The largest absolute Gasteiger partial charge is 0.545 e. The fourth-order valence-corrected chi connectivity index (χ4v) is 10.1. The molecule has 9 heteroatoms. The number of ether oxygens (including phenoxy) is 4. The molecule has 0 heterocycles. The minimum absolute atomic E-state index is 0.151. The first kappa shape index (κ1) is 76.5. The number of carboxylic acids is 1. The number of allylic oxidation sites excluding steroid dienone is 6. The van der Waals surface area contributed by atoms with Crippen molar-refractivity contribution in [1.82, 2.24) is 0 Å². The van der Waals surface area contributed by atoms with Gasteiger partial charge in [-0.05, 0) is 51.4 Å². The van der Waals surface area contributed by atoms with Crippen LogP contribution in [0.4, 0.5) is 0 Å². The molecule has 2 atom stereocenters. The molecule has 0 saturated heterocycles. The number of carbonyl (C=O) groups is 3. The van der Waals surface area contributed by atoms with E-state index in [4.69, 9.17) is 18.9 Å². The number of likely N-dealkylation sites (N-methyl/N-ethyl adjacent to an activating group) is 1. The molecule has 0 aromatic heterocycles. The van der Waals surface area contributed by atoms with Crippen LogP contribution in [-0.4, -0.2) is 82.3 Å². The monoisotopic (exact) mass is 1110 g/mol. The number of hydrogen-bond donors (Lipinski definition) is 0. The Hall–Kier alpha value is -2.49. The lowest BCUT2D eigenvalue weighted by atomic mass is 10.0. The summed E-state index contributed by atoms with van der Waals surface area (Å²) in [7, 11) is 5.94. The number of quaternary nitrogens is 1. The number of rotatable bonds is 64. The first-order valence-corrected chi connectivity index (χ1v) is 34.1. The van der Waals surface area contributed by atoms with E-state index < -0.39 is 24.3 Å². The van der Waals surface area contributed by atoms with E-state index in [0.717, 1.165) is 51.4 Å². The van der Waals surface area contributed by atoms with E-state index in [-0.39, 0.29) is 32.2 Å². The van der Waals surface area contributed by atoms with Crippen LogP contribution in [0.2, 0.25) is 0 Å². The molecule has 0 aliphatic heterocycles. The summed E-state index contributed by atoms with van der Waals surface area (Å²) >= 11 is 0. The Labute approximate surface area is 490 Å². The molecular weight excluding hydrogens is 983 g/mol. The van der Waals surface area contributed by atoms with Crippen LogP contribution in [0.15, 0.2) is 36.5 Å². The maximum absolute atomic E-state index is 12.9. The highest BCUT2D eigenvalue weighted by Crippen LogP contribution is 2.18. The first-order valence-electron chi connectivity index (χ1n) is 34.1. The molecule has 0 aliphatic carbocycles. The van der Waals surface area contributed by atoms with Gasteiger partial charge in [-0.15, -0.1) is 0 Å². The summed E-state index contributed by atoms with van der Waals surface area (Å²) in [6.07, 6.45) is 73.8. The van der Waals surface area contributed by atoms with Gasteiger partial charge in [0, 0.05) is 12.8 Å². The van der Waals surface area contributed by atoms with Crippen molar-refractivity contribution in [2.75, 3.05) is 47.5 Å². The van der Waals surface area contributed by atoms with Crippen LogP contribution in [0, 0.1) is 0 Å². The average molecular weight is 1110 g/mol. The van der Waals surface area contributed by atoms with E-state index in [0.29, 0.717) is 17.4 Å². The SMILES string of the molecule is CCCCCCC/C=C\C/C=C\C/C=C\CCCCCCCCCCCCCCCCCCCCCCCCCCC(=O)OC(COC(=O)CCCCCCCCCCCCCCCCC)COC(OCC[N+](C)(C)C)C(=O)[O-]. The van der Waals surface area contributed by atoms with Crippen LogP contribution >= 0.6 is 0 Å². The number of esters is 2. The van der Waals surface area contributed by atoms with Crippen LogP contribution in [0.3, 0.4) is 0 Å². The van der Waals surface area contributed by atoms with Crippen LogP contribution in [-0.2, 0) is 33.3 Å². The third-order valence-electron chi connectivity index (χ3n) is 15.4. The molecular formula is C70H131NO8. The highest BCUT2D eigenvalue weighted by atomic mass is 16.7. The van der Waals surface area contributed by atoms with Gasteiger partial charge in [0.05, 0.1) is 40.3 Å². The van der Waals surface area contributed by atoms with Gasteiger partial charge in [0.15, 0.2) is 12.4 Å². The maximum atomic E-state index is 12.9. The Morgan fingerprint density at radius 1 is 0.380 bits per heavy atom. The highest BCUT2D eigenvalue weighted by Gasteiger charge is 2.22. The second-order valence-corrected chi connectivity index (χ2v) is 24.5. The summed E-state index contributed by atoms with van der Waals surface area (Å²) in [5.41, 5.74) is 0. The van der Waals surface area contributed by atoms with Crippen molar-refractivity contribution in [2.45, 2.75) is 347 Å². The molecule has 2 unspecified atom stereocenters. The average Bonchev–Trinajstić information content (AvgIpc) is 3.42. The van der Waals surface area contributed by atoms with E-state index in [1.54, 1.807) is 0 Å². The van der Waals surface area contributed by atoms with Crippen LogP contribution < -0.4 is 5.11 Å². The molecule has 0 fully saturated rings. The molecule has 0 aromatic carbocycles. The van der Waals surface area contributed by atoms with Crippen LogP contribution in [0.1, 0.15) is 335 Å². The predicted molar refractivity (Wildman–Crippen MR) is 334 cm³/mol. The minimum atomic E-state index is -1.62. The van der Waals surface area contributed by atoms with Crippen molar-refractivity contribution in [3.8, 4) is 0 Å². The van der Waals surface area contributed by atoms with Crippen molar-refractivity contribution in [3.63, 3.8) is 0 Å². The second-order valence-electron chi connectivity index (χ2n) is 24.5. The molecule has 79 heavy (non-hydrogen) atoms. The molecule has 0 aromatic rings. The molecule has 0 radical (unpaired) electrons. The summed E-state index contributed by atoms with van der Waals surface area (Å²) in [6.45, 7) is 4.79. The maximum Gasteiger partial charge on any atom is 0.306 e. The van der Waals surface area contributed by atoms with Crippen molar-refractivity contribution in [2.24, 2.45) is 0 Å². The normalized spacial score (nSPS) is 12.9. The van der Waals surface area contributed by atoms with E-state index in [1.165, 1.54) is 257 Å². The van der Waals surface area contributed by atoms with E-state index >= 15 is 0 Å². The van der Waals surface area contributed by atoms with Crippen molar-refractivity contribution < 1.29 is 42.9 Å². The predicted octanol–water partition coefficient (Wildman–Crippen LogP) is 19.5. The van der Waals surface area contributed by atoms with Gasteiger partial charge < -0.3 is 33.3 Å². The van der Waals surface area contributed by atoms with Gasteiger partial charge in [0.25, 0.3) is 0 Å². The number of unbranched alkanes of at least 4 members (excludes halogenated alkanes) is 43. The van der Waals surface area contributed by atoms with Crippen molar-refractivity contribution >= 4 is 17.9 Å². The zero-order valence-electron chi connectivity index (χ0n) is 53.0. The van der Waals surface area contributed by atoms with Gasteiger partial charge in [-0.25, -0.2) is 0 Å². The van der Waals surface area contributed by atoms with E-state index in [1.807, 2.05) is 21.1 Å². The summed E-state index contributed by atoms with van der Waals surface area (Å²) in [4.78, 5) is 37.3. The first-order chi connectivity index (χ1) is 38.6. The Balaban J connectivity index is 3.94. The van der Waals surface area contributed by atoms with Gasteiger partial charge >= 0.3 is 11.9 Å². The molecule has 0 bridgehead atoms. The fourth-order valence-electron chi connectivity index (χ4n) is 10.1. The van der Waals surface area contributed by atoms with Gasteiger partial charge in [0.1, 0.15) is 13.2 Å². The molecule has 0 saturated carbocycles. The van der Waals surface area contributed by atoms with Crippen LogP contribution in [0.25, 0.3) is 0 Å². The molecule has 464 valence electrons. The summed E-state index contributed by atoms with van der Waals surface area (Å²) in [5.74, 6) is -2.26. The standard InChI is InChI=1S/C70H131NO8/c1-6-8-10-12-14-16-18-20-22-23-24-25-26-27-28-29-30-31-32-33-34-35-36-37-38-39-40-41-42-43-44-45-47-49-51-53-55-57-59-61-68(73)79-66(65-78-70(69(74)75)76-63-62-71(3,4)5)64-77-67(72)60-58-56-54-52-50-48-46-21-19-17-15-13-11-9-7-2/h18,20,23-24,26-27,66,70H,6-17,19,21-22,25,28-65H2,1-5H3/b20-18-,24-23-,27-26-. The van der Waals surface area contributed by atoms with Crippen molar-refractivity contribution in [3.05, 3.63) is 36.5 Å². The Bertz CT molecular complexity index is 1390. The number of nitrogens with zero attached hydrogens (tertiary/aromatic N) is 1. The topological polar surface area (TPSA) is 111 Å². The van der Waals surface area contributed by atoms with Gasteiger partial charge in [-0.3, -0.25) is 9.59 Å². The van der Waals surface area contributed by atoms with E-state index in [9.17, 15) is 19.5 Å². The second kappa shape index (κ2) is 61.6. The number of carboxylic acid groups (broad SMARTS) is 1. The number of hydrogen-bond acceptors (Lipinski definition) is 8. The fraction of sp³-hybridized carbons (Fsp3) is 0.871. The third kappa shape index (κ3) is 63.0. The summed E-state index contributed by atoms with van der Waals surface area (Å²) in [6, 6.07) is 0. The van der Waals surface area contributed by atoms with Crippen molar-refractivity contribution in [1.29, 1.82) is 0 Å². The summed E-state index contributed by atoms with van der Waals surface area (Å²) in [5, 5.41) is 11.8. The number of carbonyl (C=O) groups excluding carboxylic acids is 3. The smallest absolute Gasteiger partial charge is 0.306 e. The summed E-state index contributed by atoms with van der Waals surface area (Å²) < 4.78 is 22.8. The minimum Gasteiger partial charge on any atom is -0.545 e. The zero-order chi connectivity index (χ0) is 57.6. The molecule has 0 rings (SSSR count). The lowest BCUT2D eigenvalue weighted by Crippen LogP contribution is -2.44. The quantitative estimate of drug-likeness (QED) is 0.0195. The third-order valence-corrected chi connectivity index (χ3v) is 15.4. The molecule has 9 nitrogen and oxygen atoms in total. The number of aliphatic carboxylic acids is 1. The van der Waals surface area contributed by atoms with E-state index in [2.05, 4.69) is 50.3 Å². The van der Waals surface area contributed by atoms with Gasteiger partial charge in [-0.1, -0.05) is 307 Å². The zero-order valence-corrected chi connectivity index (χ0v) is 53.0. The molecule has 0 aliphatic rings. The highest BCUT2D eigenvalue weighted by molar-refractivity contribution is 5.70. The Kier molecular flexibility index (Phi) is 59.6. The van der Waals surface area contributed by atoms with Gasteiger partial charge in [-0.2, -0.15) is 0 Å². The van der Waals surface area contributed by atoms with Gasteiger partial charge in [0.2, 0.25) is 0 Å². The van der Waals surface area contributed by atoms with Crippen LogP contribution in [0.5, 0.6) is 0 Å². The Morgan fingerprint density at radius 2 is 0.684 bits per heavy atom. The molecule has 0 amide bonds. The Morgan fingerprint density at radius 3 is 1.01 bits per heavy atom. The lowest BCUT2D eigenvalue weighted by Gasteiger charge is -2.26. The molecule has 0 N–H and O–H groups in total.